The van der Waals surface area contributed by atoms with E-state index in [1.165, 1.54) is 205 Å². The number of ether oxygens (including phenoxy) is 4. The van der Waals surface area contributed by atoms with Crippen LogP contribution in [0.3, 0.4) is 0 Å². The number of esters is 4. The molecule has 0 heterocycles. The van der Waals surface area contributed by atoms with Gasteiger partial charge < -0.3 is 33.8 Å². The topological polar surface area (TPSA) is 237 Å². The fourth-order valence-corrected chi connectivity index (χ4v) is 12.9. The lowest BCUT2D eigenvalue weighted by Crippen LogP contribution is -2.30. The fourth-order valence-electron chi connectivity index (χ4n) is 11.4. The van der Waals surface area contributed by atoms with Gasteiger partial charge in [-0.3, -0.25) is 37.3 Å². The molecule has 0 aromatic rings. The highest BCUT2D eigenvalue weighted by atomic mass is 31.2. The molecule has 0 aliphatic rings. The van der Waals surface area contributed by atoms with Gasteiger partial charge in [0.05, 0.1) is 26.4 Å². The number of phosphoric ester groups is 2. The van der Waals surface area contributed by atoms with Crippen molar-refractivity contribution in [2.24, 2.45) is 5.92 Å². The first kappa shape index (κ1) is 91.1. The average molecular weight is 1370 g/mol. The minimum Gasteiger partial charge on any atom is -0.462 e. The third kappa shape index (κ3) is 68.4. The van der Waals surface area contributed by atoms with E-state index < -0.39 is 97.5 Å². The summed E-state index contributed by atoms with van der Waals surface area (Å²) in [6.45, 7) is 7.22. The molecule has 0 radical (unpaired) electrons. The Bertz CT molecular complexity index is 1790. The minimum atomic E-state index is -4.95. The van der Waals surface area contributed by atoms with Crippen molar-refractivity contribution in [2.75, 3.05) is 39.6 Å². The Balaban J connectivity index is 5.14. The molecule has 0 bridgehead atoms. The number of hydrogen-bond donors (Lipinski definition) is 3. The van der Waals surface area contributed by atoms with Crippen molar-refractivity contribution in [2.45, 2.75) is 406 Å². The zero-order valence-electron chi connectivity index (χ0n) is 60.4. The van der Waals surface area contributed by atoms with Crippen LogP contribution in [0, 0.1) is 5.92 Å². The SMILES string of the molecule is CCCCCCCCCCCCCCCCCCCCC(=O)O[C@H](COC(=O)CCCCCCCCCCCCCCCC(C)C)COP(=O)(O)OC[C@@H](O)COP(=O)(O)OC[C@@H](COC(=O)CCCCCCC)OC(=O)CCCCCCCCCCCCCCCC. The van der Waals surface area contributed by atoms with E-state index in [0.717, 1.165) is 102 Å². The number of rotatable bonds is 74. The zero-order chi connectivity index (χ0) is 68.4. The van der Waals surface area contributed by atoms with Crippen LogP contribution in [0.1, 0.15) is 388 Å². The van der Waals surface area contributed by atoms with Crippen LogP contribution in [-0.4, -0.2) is 96.7 Å². The molecular formula is C74H144O17P2. The molecule has 0 amide bonds. The normalized spacial score (nSPS) is 14.0. The van der Waals surface area contributed by atoms with E-state index in [2.05, 4.69) is 34.6 Å². The molecule has 17 nitrogen and oxygen atoms in total. The van der Waals surface area contributed by atoms with Crippen LogP contribution < -0.4 is 0 Å². The number of carbonyl (C=O) groups excluding carboxylic acids is 4. The first-order valence-corrected chi connectivity index (χ1v) is 41.6. The lowest BCUT2D eigenvalue weighted by Gasteiger charge is -2.21. The molecule has 93 heavy (non-hydrogen) atoms. The third-order valence-corrected chi connectivity index (χ3v) is 19.2. The minimum absolute atomic E-state index is 0.107. The molecule has 0 fully saturated rings. The van der Waals surface area contributed by atoms with E-state index in [-0.39, 0.29) is 25.7 Å². The van der Waals surface area contributed by atoms with E-state index in [1.807, 2.05) is 0 Å². The Labute approximate surface area is 568 Å². The van der Waals surface area contributed by atoms with E-state index >= 15 is 0 Å². The van der Waals surface area contributed by atoms with Crippen molar-refractivity contribution in [1.29, 1.82) is 0 Å². The summed E-state index contributed by atoms with van der Waals surface area (Å²) in [4.78, 5) is 72.5. The molecule has 0 aliphatic carbocycles. The summed E-state index contributed by atoms with van der Waals surface area (Å²) in [5.41, 5.74) is 0. The number of phosphoric acid groups is 2. The molecule has 19 heteroatoms. The Morgan fingerprint density at radius 1 is 0.290 bits per heavy atom. The van der Waals surface area contributed by atoms with Gasteiger partial charge in [-0.05, 0) is 31.6 Å². The highest BCUT2D eigenvalue weighted by molar-refractivity contribution is 7.47. The van der Waals surface area contributed by atoms with Gasteiger partial charge in [-0.15, -0.1) is 0 Å². The van der Waals surface area contributed by atoms with E-state index in [0.29, 0.717) is 25.7 Å². The van der Waals surface area contributed by atoms with Crippen LogP contribution >= 0.6 is 15.6 Å². The summed E-state index contributed by atoms with van der Waals surface area (Å²) in [6.07, 6.45) is 55.8. The van der Waals surface area contributed by atoms with E-state index in [1.54, 1.807) is 0 Å². The van der Waals surface area contributed by atoms with Gasteiger partial charge in [-0.2, -0.15) is 0 Å². The molecule has 552 valence electrons. The number of hydrogen-bond acceptors (Lipinski definition) is 15. The fraction of sp³-hybridized carbons (Fsp3) is 0.946. The van der Waals surface area contributed by atoms with Gasteiger partial charge in [0.1, 0.15) is 19.3 Å². The highest BCUT2D eigenvalue weighted by Crippen LogP contribution is 2.45. The molecular weight excluding hydrogens is 1220 g/mol. The summed E-state index contributed by atoms with van der Waals surface area (Å²) in [5.74, 6) is -1.34. The summed E-state index contributed by atoms with van der Waals surface area (Å²) < 4.78 is 68.2. The lowest BCUT2D eigenvalue weighted by molar-refractivity contribution is -0.161. The molecule has 2 unspecified atom stereocenters. The first-order valence-electron chi connectivity index (χ1n) is 38.6. The van der Waals surface area contributed by atoms with Crippen molar-refractivity contribution in [1.82, 2.24) is 0 Å². The lowest BCUT2D eigenvalue weighted by atomic mass is 10.0. The highest BCUT2D eigenvalue weighted by Gasteiger charge is 2.30. The molecule has 0 aliphatic heterocycles. The summed E-state index contributed by atoms with van der Waals surface area (Å²) in [5, 5.41) is 10.6. The Kier molecular flexibility index (Phi) is 65.9. The van der Waals surface area contributed by atoms with Crippen molar-refractivity contribution in [3.63, 3.8) is 0 Å². The van der Waals surface area contributed by atoms with Gasteiger partial charge in [0.25, 0.3) is 0 Å². The average Bonchev–Trinajstić information content (AvgIpc) is 3.31. The summed E-state index contributed by atoms with van der Waals surface area (Å²) >= 11 is 0. The maximum atomic E-state index is 13.1. The largest absolute Gasteiger partial charge is 0.472 e. The summed E-state index contributed by atoms with van der Waals surface area (Å²) in [7, 11) is -9.90. The third-order valence-electron chi connectivity index (χ3n) is 17.3. The molecule has 3 N–H and O–H groups in total. The maximum Gasteiger partial charge on any atom is 0.472 e. The molecule has 5 atom stereocenters. The second-order valence-corrected chi connectivity index (χ2v) is 30.1. The smallest absolute Gasteiger partial charge is 0.462 e. The van der Waals surface area contributed by atoms with Gasteiger partial charge in [-0.25, -0.2) is 9.13 Å². The number of aliphatic hydroxyl groups excluding tert-OH is 1. The van der Waals surface area contributed by atoms with Crippen molar-refractivity contribution in [3.05, 3.63) is 0 Å². The van der Waals surface area contributed by atoms with Gasteiger partial charge in [0, 0.05) is 25.7 Å². The zero-order valence-corrected chi connectivity index (χ0v) is 62.2. The van der Waals surface area contributed by atoms with Gasteiger partial charge >= 0.3 is 39.5 Å². The van der Waals surface area contributed by atoms with Gasteiger partial charge in [0.15, 0.2) is 12.2 Å². The molecule has 0 rings (SSSR count). The second-order valence-electron chi connectivity index (χ2n) is 27.2. The maximum absolute atomic E-state index is 13.1. The van der Waals surface area contributed by atoms with Crippen LogP contribution in [0.4, 0.5) is 0 Å². The van der Waals surface area contributed by atoms with Crippen molar-refractivity contribution < 1.29 is 80.2 Å². The molecule has 0 spiro atoms. The predicted octanol–water partition coefficient (Wildman–Crippen LogP) is 21.7. The predicted molar refractivity (Wildman–Crippen MR) is 377 cm³/mol. The molecule has 0 aromatic carbocycles. The van der Waals surface area contributed by atoms with Crippen molar-refractivity contribution in [3.8, 4) is 0 Å². The quantitative estimate of drug-likeness (QED) is 0.0222. The second kappa shape index (κ2) is 67.3. The van der Waals surface area contributed by atoms with Crippen LogP contribution in [0.15, 0.2) is 0 Å². The van der Waals surface area contributed by atoms with Crippen LogP contribution in [0.25, 0.3) is 0 Å². The standard InChI is InChI=1S/C74H144O17P2/c1-6-9-12-15-17-19-21-23-25-26-27-28-32-37-41-45-50-55-60-74(79)91-70(64-85-72(77)58-53-48-43-39-35-33-29-30-34-38-42-47-51-56-67(4)5)66-89-93(82,83)87-62-68(75)61-86-92(80,81)88-65-69(63-84-71(76)57-52-46-14-11-8-3)90-73(78)59-54-49-44-40-36-31-24-22-20-18-16-13-10-7-2/h67-70,75H,6-66H2,1-5H3,(H,80,81)(H,82,83)/t68-,69+,70+/m0/s1. The number of unbranched alkanes of at least 4 members (excludes halogenated alkanes) is 46. The summed E-state index contributed by atoms with van der Waals surface area (Å²) in [6, 6.07) is 0. The van der Waals surface area contributed by atoms with E-state index in [4.69, 9.17) is 37.0 Å². The molecule has 0 aromatic heterocycles. The van der Waals surface area contributed by atoms with E-state index in [9.17, 15) is 43.2 Å². The van der Waals surface area contributed by atoms with Gasteiger partial charge in [0.2, 0.25) is 0 Å². The molecule has 0 saturated carbocycles. The first-order chi connectivity index (χ1) is 45.0. The van der Waals surface area contributed by atoms with Crippen LogP contribution in [0.2, 0.25) is 0 Å². The monoisotopic (exact) mass is 1370 g/mol. The van der Waals surface area contributed by atoms with Crippen molar-refractivity contribution >= 4 is 39.5 Å². The van der Waals surface area contributed by atoms with Crippen LogP contribution in [0.5, 0.6) is 0 Å². The Hall–Kier alpha value is -1.94. The van der Waals surface area contributed by atoms with Crippen LogP contribution in [-0.2, 0) is 65.4 Å². The Morgan fingerprint density at radius 3 is 0.731 bits per heavy atom. The Morgan fingerprint density at radius 2 is 0.495 bits per heavy atom. The molecule has 0 saturated heterocycles. The van der Waals surface area contributed by atoms with Gasteiger partial charge in [-0.1, -0.05) is 336 Å². The number of carbonyl (C=O) groups is 4. The number of aliphatic hydroxyl groups is 1.